The van der Waals surface area contributed by atoms with Crippen LogP contribution in [0.5, 0.6) is 11.5 Å². The standard InChI is InChI=1S/C17H24N4O3/c1-12(15-8-14(23-4)6-7-16(15)24-5)19-17(22)20(2)10-13-9-18-21(3)11-13/h6-9,11-12H,10H2,1-5H3,(H,19,22)/t12-/m1/s1. The predicted octanol–water partition coefficient (Wildman–Crippen LogP) is 2.34. The van der Waals surface area contributed by atoms with Crippen molar-refractivity contribution >= 4 is 6.03 Å². The summed E-state index contributed by atoms with van der Waals surface area (Å²) < 4.78 is 12.3. The summed E-state index contributed by atoms with van der Waals surface area (Å²) in [5.41, 5.74) is 1.83. The molecule has 1 heterocycles. The number of hydrogen-bond donors (Lipinski definition) is 1. The van der Waals surface area contributed by atoms with E-state index < -0.39 is 0 Å². The van der Waals surface area contributed by atoms with E-state index in [1.165, 1.54) is 0 Å². The Morgan fingerprint density at radius 2 is 2.12 bits per heavy atom. The minimum absolute atomic E-state index is 0.170. The lowest BCUT2D eigenvalue weighted by Crippen LogP contribution is -2.38. The van der Waals surface area contributed by atoms with Crippen LogP contribution in [0.1, 0.15) is 24.1 Å². The number of carbonyl (C=O) groups excluding carboxylic acids is 1. The van der Waals surface area contributed by atoms with Crippen molar-refractivity contribution in [3.63, 3.8) is 0 Å². The number of aryl methyl sites for hydroxylation is 1. The molecule has 130 valence electrons. The number of urea groups is 1. The molecule has 0 spiro atoms. The van der Waals surface area contributed by atoms with Crippen molar-refractivity contribution in [2.24, 2.45) is 7.05 Å². The van der Waals surface area contributed by atoms with E-state index >= 15 is 0 Å². The maximum atomic E-state index is 12.4. The minimum atomic E-state index is -0.223. The molecular formula is C17H24N4O3. The van der Waals surface area contributed by atoms with Crippen LogP contribution < -0.4 is 14.8 Å². The number of rotatable bonds is 6. The Balaban J connectivity index is 2.05. The molecule has 1 N–H and O–H groups in total. The quantitative estimate of drug-likeness (QED) is 0.881. The fourth-order valence-corrected chi connectivity index (χ4v) is 2.45. The van der Waals surface area contributed by atoms with Gasteiger partial charge in [0.1, 0.15) is 11.5 Å². The minimum Gasteiger partial charge on any atom is -0.497 e. The van der Waals surface area contributed by atoms with E-state index in [1.54, 1.807) is 37.0 Å². The molecule has 0 unspecified atom stereocenters. The van der Waals surface area contributed by atoms with Crippen LogP contribution in [0.4, 0.5) is 4.79 Å². The average Bonchev–Trinajstić information content (AvgIpc) is 2.98. The molecule has 0 saturated heterocycles. The number of benzene rings is 1. The van der Waals surface area contributed by atoms with Gasteiger partial charge in [0.2, 0.25) is 0 Å². The largest absolute Gasteiger partial charge is 0.497 e. The zero-order valence-corrected chi connectivity index (χ0v) is 14.7. The van der Waals surface area contributed by atoms with Gasteiger partial charge in [-0.25, -0.2) is 4.79 Å². The van der Waals surface area contributed by atoms with Crippen molar-refractivity contribution in [1.82, 2.24) is 20.0 Å². The third-order valence-corrected chi connectivity index (χ3v) is 3.77. The highest BCUT2D eigenvalue weighted by molar-refractivity contribution is 5.74. The van der Waals surface area contributed by atoms with Gasteiger partial charge in [-0.15, -0.1) is 0 Å². The van der Waals surface area contributed by atoms with E-state index in [9.17, 15) is 4.79 Å². The molecule has 1 aromatic carbocycles. The van der Waals surface area contributed by atoms with Gasteiger partial charge in [0.25, 0.3) is 0 Å². The number of ether oxygens (including phenoxy) is 2. The van der Waals surface area contributed by atoms with Crippen LogP contribution in [0.3, 0.4) is 0 Å². The van der Waals surface area contributed by atoms with Crippen LogP contribution in [0.15, 0.2) is 30.6 Å². The van der Waals surface area contributed by atoms with Gasteiger partial charge >= 0.3 is 6.03 Å². The van der Waals surface area contributed by atoms with E-state index in [1.807, 2.05) is 38.4 Å². The Labute approximate surface area is 142 Å². The molecule has 2 aromatic rings. The second-order valence-corrected chi connectivity index (χ2v) is 5.66. The summed E-state index contributed by atoms with van der Waals surface area (Å²) in [6, 6.07) is 5.13. The second kappa shape index (κ2) is 7.72. The van der Waals surface area contributed by atoms with Crippen molar-refractivity contribution in [3.8, 4) is 11.5 Å². The van der Waals surface area contributed by atoms with Gasteiger partial charge < -0.3 is 19.7 Å². The lowest BCUT2D eigenvalue weighted by molar-refractivity contribution is 0.203. The highest BCUT2D eigenvalue weighted by atomic mass is 16.5. The van der Waals surface area contributed by atoms with E-state index in [2.05, 4.69) is 10.4 Å². The van der Waals surface area contributed by atoms with Crippen LogP contribution in [0.25, 0.3) is 0 Å². The smallest absolute Gasteiger partial charge is 0.317 e. The first-order chi connectivity index (χ1) is 11.4. The van der Waals surface area contributed by atoms with Gasteiger partial charge in [0.15, 0.2) is 0 Å². The summed E-state index contributed by atoms with van der Waals surface area (Å²) in [7, 11) is 6.81. The number of carbonyl (C=O) groups is 1. The first kappa shape index (κ1) is 17.7. The topological polar surface area (TPSA) is 68.6 Å². The fourth-order valence-electron chi connectivity index (χ4n) is 2.45. The van der Waals surface area contributed by atoms with E-state index in [0.717, 1.165) is 16.9 Å². The van der Waals surface area contributed by atoms with Crippen molar-refractivity contribution < 1.29 is 14.3 Å². The first-order valence-electron chi connectivity index (χ1n) is 7.65. The summed E-state index contributed by atoms with van der Waals surface area (Å²) in [6.45, 7) is 2.40. The van der Waals surface area contributed by atoms with Crippen molar-refractivity contribution in [1.29, 1.82) is 0 Å². The lowest BCUT2D eigenvalue weighted by atomic mass is 10.1. The van der Waals surface area contributed by atoms with Crippen LogP contribution in [-0.2, 0) is 13.6 Å². The SMILES string of the molecule is COc1ccc(OC)c([C@@H](C)NC(=O)N(C)Cc2cnn(C)c2)c1. The molecule has 0 fully saturated rings. The summed E-state index contributed by atoms with van der Waals surface area (Å²) in [5, 5.41) is 7.08. The average molecular weight is 332 g/mol. The third kappa shape index (κ3) is 4.18. The van der Waals surface area contributed by atoms with Gasteiger partial charge in [-0.05, 0) is 25.1 Å². The molecular weight excluding hydrogens is 308 g/mol. The summed E-state index contributed by atoms with van der Waals surface area (Å²) >= 11 is 0. The molecule has 0 bridgehead atoms. The zero-order chi connectivity index (χ0) is 17.7. The fraction of sp³-hybridized carbons (Fsp3) is 0.412. The Hall–Kier alpha value is -2.70. The number of amides is 2. The van der Waals surface area contributed by atoms with Gasteiger partial charge in [0.05, 0.1) is 33.0 Å². The first-order valence-corrected chi connectivity index (χ1v) is 7.65. The lowest BCUT2D eigenvalue weighted by Gasteiger charge is -2.22. The predicted molar refractivity (Wildman–Crippen MR) is 91.2 cm³/mol. The van der Waals surface area contributed by atoms with Crippen LogP contribution >= 0.6 is 0 Å². The van der Waals surface area contributed by atoms with Crippen molar-refractivity contribution in [2.75, 3.05) is 21.3 Å². The van der Waals surface area contributed by atoms with Crippen molar-refractivity contribution in [3.05, 3.63) is 41.7 Å². The molecule has 7 heteroatoms. The summed E-state index contributed by atoms with van der Waals surface area (Å²) in [6.07, 6.45) is 3.64. The number of nitrogens with zero attached hydrogens (tertiary/aromatic N) is 3. The second-order valence-electron chi connectivity index (χ2n) is 5.66. The number of methoxy groups -OCH3 is 2. The van der Waals surface area contributed by atoms with Gasteiger partial charge in [-0.2, -0.15) is 5.10 Å². The summed E-state index contributed by atoms with van der Waals surface area (Å²) in [4.78, 5) is 14.0. The Morgan fingerprint density at radius 3 is 2.71 bits per heavy atom. The third-order valence-electron chi connectivity index (χ3n) is 3.77. The molecule has 0 aliphatic heterocycles. The number of aromatic nitrogens is 2. The summed E-state index contributed by atoms with van der Waals surface area (Å²) in [5.74, 6) is 1.43. The maximum absolute atomic E-state index is 12.4. The van der Waals surface area contributed by atoms with E-state index in [4.69, 9.17) is 9.47 Å². The van der Waals surface area contributed by atoms with E-state index in [-0.39, 0.29) is 12.1 Å². The number of hydrogen-bond acceptors (Lipinski definition) is 4. The normalized spacial score (nSPS) is 11.7. The zero-order valence-electron chi connectivity index (χ0n) is 14.7. The highest BCUT2D eigenvalue weighted by Gasteiger charge is 2.17. The van der Waals surface area contributed by atoms with Gasteiger partial charge in [-0.1, -0.05) is 0 Å². The molecule has 0 saturated carbocycles. The Morgan fingerprint density at radius 1 is 1.38 bits per heavy atom. The molecule has 24 heavy (non-hydrogen) atoms. The van der Waals surface area contributed by atoms with Crippen molar-refractivity contribution in [2.45, 2.75) is 19.5 Å². The number of nitrogens with one attached hydrogen (secondary N) is 1. The molecule has 2 rings (SSSR count). The van der Waals surface area contributed by atoms with E-state index in [0.29, 0.717) is 12.3 Å². The maximum Gasteiger partial charge on any atom is 0.317 e. The molecule has 7 nitrogen and oxygen atoms in total. The molecule has 2 amide bonds. The monoisotopic (exact) mass is 332 g/mol. The Kier molecular flexibility index (Phi) is 5.68. The Bertz CT molecular complexity index is 699. The molecule has 0 aliphatic rings. The highest BCUT2D eigenvalue weighted by Crippen LogP contribution is 2.29. The van der Waals surface area contributed by atoms with Gasteiger partial charge in [0, 0.05) is 31.4 Å². The van der Waals surface area contributed by atoms with Crippen LogP contribution in [0, 0.1) is 0 Å². The van der Waals surface area contributed by atoms with Crippen LogP contribution in [-0.4, -0.2) is 42.0 Å². The molecule has 0 aliphatic carbocycles. The molecule has 1 aromatic heterocycles. The van der Waals surface area contributed by atoms with Gasteiger partial charge in [-0.3, -0.25) is 4.68 Å². The molecule has 0 radical (unpaired) electrons. The van der Waals surface area contributed by atoms with Crippen LogP contribution in [0.2, 0.25) is 0 Å². The molecule has 1 atom stereocenters.